The molecule has 3 N–H and O–H groups in total. The van der Waals surface area contributed by atoms with Crippen molar-refractivity contribution in [2.45, 2.75) is 24.9 Å². The van der Waals surface area contributed by atoms with Gasteiger partial charge in [0.15, 0.2) is 0 Å². The van der Waals surface area contributed by atoms with Gasteiger partial charge in [-0.05, 0) is 37.1 Å². The average Bonchev–Trinajstić information content (AvgIpc) is 2.96. The summed E-state index contributed by atoms with van der Waals surface area (Å²) in [4.78, 5) is 26.9. The lowest BCUT2D eigenvalue weighted by atomic mass is 9.92. The molecule has 1 saturated heterocycles. The van der Waals surface area contributed by atoms with Gasteiger partial charge in [-0.1, -0.05) is 48.0 Å². The summed E-state index contributed by atoms with van der Waals surface area (Å²) < 4.78 is 0. The quantitative estimate of drug-likeness (QED) is 0.882. The molecule has 6 heteroatoms. The second-order valence-corrected chi connectivity index (χ2v) is 6.79. The van der Waals surface area contributed by atoms with Crippen molar-refractivity contribution < 1.29 is 9.59 Å². The minimum atomic E-state index is -1.20. The van der Waals surface area contributed by atoms with Crippen LogP contribution in [0.4, 0.5) is 5.69 Å². The highest BCUT2D eigenvalue weighted by Crippen LogP contribution is 2.25. The Morgan fingerprint density at radius 3 is 2.64 bits per heavy atom. The molecule has 25 heavy (non-hydrogen) atoms. The number of benzene rings is 2. The molecule has 5 nitrogen and oxygen atoms in total. The van der Waals surface area contributed by atoms with Crippen molar-refractivity contribution in [1.29, 1.82) is 0 Å². The fraction of sp³-hybridized carbons (Fsp3) is 0.263. The molecule has 2 atom stereocenters. The predicted molar refractivity (Wildman–Crippen MR) is 98.3 cm³/mol. The highest BCUT2D eigenvalue weighted by molar-refractivity contribution is 6.31. The lowest BCUT2D eigenvalue weighted by Gasteiger charge is -2.26. The standard InChI is InChI=1S/C19H20ClN3O2/c1-19(21,13-6-3-2-4-7-13)18(25)22-16-10-11-23(17(16)24)15-9-5-8-14(20)12-15/h2-9,12,16H,10-11,21H2,1H3,(H,22,25). The number of anilines is 1. The first kappa shape index (κ1) is 17.5. The van der Waals surface area contributed by atoms with E-state index in [1.165, 1.54) is 0 Å². The molecule has 130 valence electrons. The summed E-state index contributed by atoms with van der Waals surface area (Å²) in [6.45, 7) is 2.17. The van der Waals surface area contributed by atoms with Crippen molar-refractivity contribution in [2.24, 2.45) is 5.73 Å². The maximum atomic E-state index is 12.6. The van der Waals surface area contributed by atoms with Gasteiger partial charge < -0.3 is 16.0 Å². The van der Waals surface area contributed by atoms with Crippen LogP contribution in [0.15, 0.2) is 54.6 Å². The number of carbonyl (C=O) groups is 2. The van der Waals surface area contributed by atoms with Gasteiger partial charge >= 0.3 is 0 Å². The van der Waals surface area contributed by atoms with Crippen LogP contribution in [0.5, 0.6) is 0 Å². The minimum absolute atomic E-state index is 0.153. The summed E-state index contributed by atoms with van der Waals surface area (Å²) in [5, 5.41) is 3.36. The molecule has 1 aliphatic rings. The van der Waals surface area contributed by atoms with E-state index in [9.17, 15) is 9.59 Å². The van der Waals surface area contributed by atoms with Crippen LogP contribution in [0.3, 0.4) is 0 Å². The van der Waals surface area contributed by atoms with Crippen LogP contribution in [-0.4, -0.2) is 24.4 Å². The smallest absolute Gasteiger partial charge is 0.249 e. The molecule has 1 heterocycles. The van der Waals surface area contributed by atoms with Gasteiger partial charge in [0.1, 0.15) is 11.6 Å². The maximum absolute atomic E-state index is 12.6. The van der Waals surface area contributed by atoms with Crippen LogP contribution in [0, 0.1) is 0 Å². The summed E-state index contributed by atoms with van der Waals surface area (Å²) in [5.74, 6) is -0.524. The largest absolute Gasteiger partial charge is 0.342 e. The van der Waals surface area contributed by atoms with E-state index in [4.69, 9.17) is 17.3 Å². The van der Waals surface area contributed by atoms with E-state index < -0.39 is 11.6 Å². The van der Waals surface area contributed by atoms with Crippen LogP contribution in [-0.2, 0) is 15.1 Å². The first-order chi connectivity index (χ1) is 11.9. The Kier molecular flexibility index (Phi) is 4.79. The molecule has 0 radical (unpaired) electrons. The molecule has 0 aromatic heterocycles. The van der Waals surface area contributed by atoms with Crippen LogP contribution >= 0.6 is 11.6 Å². The summed E-state index contributed by atoms with van der Waals surface area (Å²) >= 11 is 6.00. The van der Waals surface area contributed by atoms with Gasteiger partial charge in [-0.15, -0.1) is 0 Å². The third-order valence-electron chi connectivity index (χ3n) is 4.48. The molecule has 0 spiro atoms. The molecular weight excluding hydrogens is 338 g/mol. The Bertz CT molecular complexity index is 792. The van der Waals surface area contributed by atoms with Crippen LogP contribution in [0.1, 0.15) is 18.9 Å². The molecule has 1 aliphatic heterocycles. The molecule has 2 aromatic rings. The number of nitrogens with zero attached hydrogens (tertiary/aromatic N) is 1. The van der Waals surface area contributed by atoms with Crippen LogP contribution in [0.2, 0.25) is 5.02 Å². The van der Waals surface area contributed by atoms with Gasteiger partial charge in [0, 0.05) is 17.3 Å². The molecule has 2 unspecified atom stereocenters. The molecule has 3 rings (SSSR count). The van der Waals surface area contributed by atoms with Gasteiger partial charge in [0.05, 0.1) is 0 Å². The zero-order chi connectivity index (χ0) is 18.0. The van der Waals surface area contributed by atoms with Crippen molar-refractivity contribution in [3.63, 3.8) is 0 Å². The Balaban J connectivity index is 1.72. The molecule has 2 amide bonds. The van der Waals surface area contributed by atoms with Gasteiger partial charge in [0.25, 0.3) is 0 Å². The lowest BCUT2D eigenvalue weighted by molar-refractivity contribution is -0.130. The minimum Gasteiger partial charge on any atom is -0.342 e. The van der Waals surface area contributed by atoms with E-state index in [2.05, 4.69) is 5.32 Å². The number of rotatable bonds is 4. The lowest BCUT2D eigenvalue weighted by Crippen LogP contribution is -2.53. The predicted octanol–water partition coefficient (Wildman–Crippen LogP) is 2.44. The van der Waals surface area contributed by atoms with Crippen LogP contribution < -0.4 is 16.0 Å². The highest BCUT2D eigenvalue weighted by atomic mass is 35.5. The summed E-state index contributed by atoms with van der Waals surface area (Å²) in [5.41, 5.74) is 6.44. The van der Waals surface area contributed by atoms with Gasteiger partial charge in [-0.2, -0.15) is 0 Å². The molecule has 2 aromatic carbocycles. The second-order valence-electron chi connectivity index (χ2n) is 6.35. The number of carbonyl (C=O) groups excluding carboxylic acids is 2. The van der Waals surface area contributed by atoms with Crippen molar-refractivity contribution in [3.8, 4) is 0 Å². The Morgan fingerprint density at radius 2 is 1.96 bits per heavy atom. The molecule has 0 saturated carbocycles. The molecule has 0 bridgehead atoms. The fourth-order valence-corrected chi connectivity index (χ4v) is 3.12. The number of nitrogens with two attached hydrogens (primary N) is 1. The summed E-state index contributed by atoms with van der Waals surface area (Å²) in [7, 11) is 0. The number of hydrogen-bond donors (Lipinski definition) is 2. The Hall–Kier alpha value is -2.37. The zero-order valence-corrected chi connectivity index (χ0v) is 14.7. The van der Waals surface area contributed by atoms with E-state index in [1.807, 2.05) is 24.3 Å². The first-order valence-corrected chi connectivity index (χ1v) is 8.49. The highest BCUT2D eigenvalue weighted by Gasteiger charge is 2.38. The van der Waals surface area contributed by atoms with Gasteiger partial charge in [-0.25, -0.2) is 0 Å². The van der Waals surface area contributed by atoms with Crippen LogP contribution in [0.25, 0.3) is 0 Å². The summed E-state index contributed by atoms with van der Waals surface area (Å²) in [6, 6.07) is 15.6. The zero-order valence-electron chi connectivity index (χ0n) is 13.9. The molecule has 0 aliphatic carbocycles. The number of amides is 2. The van der Waals surface area contributed by atoms with Crippen molar-refractivity contribution in [2.75, 3.05) is 11.4 Å². The van der Waals surface area contributed by atoms with Crippen molar-refractivity contribution >= 4 is 29.1 Å². The Morgan fingerprint density at radius 1 is 1.24 bits per heavy atom. The van der Waals surface area contributed by atoms with Crippen molar-refractivity contribution in [3.05, 3.63) is 65.2 Å². The SMILES string of the molecule is CC(N)(C(=O)NC1CCN(c2cccc(Cl)c2)C1=O)c1ccccc1. The molecule has 1 fully saturated rings. The topological polar surface area (TPSA) is 75.4 Å². The number of halogens is 1. The van der Waals surface area contributed by atoms with Gasteiger partial charge in [0.2, 0.25) is 11.8 Å². The second kappa shape index (κ2) is 6.86. The van der Waals surface area contributed by atoms with E-state index in [0.717, 1.165) is 5.69 Å². The van der Waals surface area contributed by atoms with Gasteiger partial charge in [-0.3, -0.25) is 9.59 Å². The van der Waals surface area contributed by atoms with E-state index in [0.29, 0.717) is 23.6 Å². The monoisotopic (exact) mass is 357 g/mol. The van der Waals surface area contributed by atoms with E-state index >= 15 is 0 Å². The average molecular weight is 358 g/mol. The normalized spacial score (nSPS) is 19.6. The Labute approximate surface area is 151 Å². The van der Waals surface area contributed by atoms with E-state index in [-0.39, 0.29) is 11.8 Å². The first-order valence-electron chi connectivity index (χ1n) is 8.12. The maximum Gasteiger partial charge on any atom is 0.249 e. The van der Waals surface area contributed by atoms with E-state index in [1.54, 1.807) is 42.2 Å². The summed E-state index contributed by atoms with van der Waals surface area (Å²) in [6.07, 6.45) is 0.530. The number of hydrogen-bond acceptors (Lipinski definition) is 3. The fourth-order valence-electron chi connectivity index (χ4n) is 2.94. The molecular formula is C19H20ClN3O2. The number of nitrogens with one attached hydrogen (secondary N) is 1. The van der Waals surface area contributed by atoms with Crippen molar-refractivity contribution in [1.82, 2.24) is 5.32 Å². The third kappa shape index (κ3) is 3.52. The third-order valence-corrected chi connectivity index (χ3v) is 4.71.